The van der Waals surface area contributed by atoms with Gasteiger partial charge in [0.1, 0.15) is 5.82 Å². The second-order valence-corrected chi connectivity index (χ2v) is 6.13. The highest BCUT2D eigenvalue weighted by atomic mass is 19.1. The molecule has 3 N–H and O–H groups in total. The SMILES string of the molecule is Cc1ccccc1C(O)CNC(=O)NC1CCc2c(F)cccc21. The van der Waals surface area contributed by atoms with E-state index in [1.807, 2.05) is 37.3 Å². The Kier molecular flexibility index (Phi) is 4.81. The van der Waals surface area contributed by atoms with Gasteiger partial charge in [-0.25, -0.2) is 9.18 Å². The summed E-state index contributed by atoms with van der Waals surface area (Å²) in [7, 11) is 0. The van der Waals surface area contributed by atoms with Crippen LogP contribution in [0.25, 0.3) is 0 Å². The monoisotopic (exact) mass is 328 g/mol. The van der Waals surface area contributed by atoms with Crippen molar-refractivity contribution < 1.29 is 14.3 Å². The van der Waals surface area contributed by atoms with Gasteiger partial charge in [0, 0.05) is 6.54 Å². The summed E-state index contributed by atoms with van der Waals surface area (Å²) in [6.07, 6.45) is 0.549. The number of carbonyl (C=O) groups excluding carboxylic acids is 1. The third-order valence-corrected chi connectivity index (χ3v) is 4.52. The van der Waals surface area contributed by atoms with Crippen molar-refractivity contribution in [3.8, 4) is 0 Å². The summed E-state index contributed by atoms with van der Waals surface area (Å²) in [5, 5.41) is 15.8. The summed E-state index contributed by atoms with van der Waals surface area (Å²) in [6.45, 7) is 2.04. The number of hydrogen-bond donors (Lipinski definition) is 3. The van der Waals surface area contributed by atoms with Crippen LogP contribution >= 0.6 is 0 Å². The van der Waals surface area contributed by atoms with Gasteiger partial charge in [-0.3, -0.25) is 0 Å². The fourth-order valence-corrected chi connectivity index (χ4v) is 3.23. The van der Waals surface area contributed by atoms with Crippen molar-refractivity contribution >= 4 is 6.03 Å². The van der Waals surface area contributed by atoms with E-state index in [4.69, 9.17) is 0 Å². The van der Waals surface area contributed by atoms with Crippen molar-refractivity contribution in [1.29, 1.82) is 0 Å². The molecule has 0 aliphatic heterocycles. The molecule has 1 aliphatic carbocycles. The molecule has 24 heavy (non-hydrogen) atoms. The van der Waals surface area contributed by atoms with E-state index < -0.39 is 6.10 Å². The van der Waals surface area contributed by atoms with Crippen LogP contribution in [0.5, 0.6) is 0 Å². The number of carbonyl (C=O) groups is 1. The van der Waals surface area contributed by atoms with Crippen LogP contribution in [0.1, 0.15) is 40.8 Å². The Morgan fingerprint density at radius 1 is 1.29 bits per heavy atom. The molecule has 2 amide bonds. The predicted molar refractivity (Wildman–Crippen MR) is 90.1 cm³/mol. The first kappa shape index (κ1) is 16.5. The molecule has 2 aromatic rings. The highest BCUT2D eigenvalue weighted by Crippen LogP contribution is 2.32. The number of urea groups is 1. The molecule has 0 heterocycles. The highest BCUT2D eigenvalue weighted by molar-refractivity contribution is 5.74. The molecule has 3 rings (SSSR count). The molecule has 5 heteroatoms. The molecule has 0 saturated carbocycles. The van der Waals surface area contributed by atoms with E-state index in [0.717, 1.165) is 16.7 Å². The number of rotatable bonds is 4. The van der Waals surface area contributed by atoms with Crippen LogP contribution in [0, 0.1) is 12.7 Å². The largest absolute Gasteiger partial charge is 0.387 e. The molecular weight excluding hydrogens is 307 g/mol. The molecule has 2 aromatic carbocycles. The van der Waals surface area contributed by atoms with Crippen molar-refractivity contribution in [3.63, 3.8) is 0 Å². The fraction of sp³-hybridized carbons (Fsp3) is 0.316. The van der Waals surface area contributed by atoms with E-state index >= 15 is 0 Å². The van der Waals surface area contributed by atoms with E-state index in [0.29, 0.717) is 18.4 Å². The maximum Gasteiger partial charge on any atom is 0.315 e. The van der Waals surface area contributed by atoms with E-state index in [-0.39, 0.29) is 24.4 Å². The Hall–Kier alpha value is -2.40. The lowest BCUT2D eigenvalue weighted by molar-refractivity contribution is 0.172. The summed E-state index contributed by atoms with van der Waals surface area (Å²) in [4.78, 5) is 12.1. The van der Waals surface area contributed by atoms with E-state index in [2.05, 4.69) is 10.6 Å². The maximum atomic E-state index is 13.7. The van der Waals surface area contributed by atoms with Crippen LogP contribution in [0.3, 0.4) is 0 Å². The van der Waals surface area contributed by atoms with Crippen molar-refractivity contribution in [2.24, 2.45) is 0 Å². The molecule has 0 aromatic heterocycles. The number of benzene rings is 2. The van der Waals surface area contributed by atoms with Gasteiger partial charge < -0.3 is 15.7 Å². The molecule has 126 valence electrons. The number of nitrogens with one attached hydrogen (secondary N) is 2. The lowest BCUT2D eigenvalue weighted by atomic mass is 10.0. The Morgan fingerprint density at radius 3 is 2.88 bits per heavy atom. The molecule has 0 spiro atoms. The van der Waals surface area contributed by atoms with Crippen molar-refractivity contribution in [3.05, 3.63) is 70.5 Å². The lowest BCUT2D eigenvalue weighted by Crippen LogP contribution is -2.39. The van der Waals surface area contributed by atoms with Gasteiger partial charge in [-0.1, -0.05) is 36.4 Å². The van der Waals surface area contributed by atoms with Gasteiger partial charge in [0.2, 0.25) is 0 Å². The Balaban J connectivity index is 1.56. The smallest absolute Gasteiger partial charge is 0.315 e. The zero-order chi connectivity index (χ0) is 17.1. The highest BCUT2D eigenvalue weighted by Gasteiger charge is 2.26. The third kappa shape index (κ3) is 3.41. The molecule has 1 aliphatic rings. The van der Waals surface area contributed by atoms with Gasteiger partial charge in [-0.05, 0) is 48.1 Å². The lowest BCUT2D eigenvalue weighted by Gasteiger charge is -2.18. The molecule has 2 atom stereocenters. The van der Waals surface area contributed by atoms with E-state index in [9.17, 15) is 14.3 Å². The summed E-state index contributed by atoms with van der Waals surface area (Å²) in [6, 6.07) is 11.9. The molecule has 2 unspecified atom stereocenters. The topological polar surface area (TPSA) is 61.4 Å². The molecular formula is C19H21FN2O2. The molecule has 0 bridgehead atoms. The number of aryl methyl sites for hydroxylation is 1. The maximum absolute atomic E-state index is 13.7. The third-order valence-electron chi connectivity index (χ3n) is 4.52. The minimum absolute atomic E-state index is 0.124. The first-order chi connectivity index (χ1) is 11.6. The van der Waals surface area contributed by atoms with Crippen LogP contribution in [-0.4, -0.2) is 17.7 Å². The van der Waals surface area contributed by atoms with Crippen molar-refractivity contribution in [1.82, 2.24) is 10.6 Å². The van der Waals surface area contributed by atoms with Crippen molar-refractivity contribution in [2.75, 3.05) is 6.54 Å². The number of aliphatic hydroxyl groups excluding tert-OH is 1. The molecule has 4 nitrogen and oxygen atoms in total. The Morgan fingerprint density at radius 2 is 2.08 bits per heavy atom. The first-order valence-corrected chi connectivity index (χ1v) is 8.11. The number of halogens is 1. The van der Waals surface area contributed by atoms with Crippen LogP contribution in [0.4, 0.5) is 9.18 Å². The molecule has 0 fully saturated rings. The first-order valence-electron chi connectivity index (χ1n) is 8.11. The Bertz CT molecular complexity index is 748. The van der Waals surface area contributed by atoms with E-state index in [1.165, 1.54) is 6.07 Å². The summed E-state index contributed by atoms with van der Waals surface area (Å²) in [5.74, 6) is -0.216. The summed E-state index contributed by atoms with van der Waals surface area (Å²) in [5.41, 5.74) is 3.30. The minimum Gasteiger partial charge on any atom is -0.387 e. The van der Waals surface area contributed by atoms with E-state index in [1.54, 1.807) is 6.07 Å². The zero-order valence-electron chi connectivity index (χ0n) is 13.6. The summed E-state index contributed by atoms with van der Waals surface area (Å²) < 4.78 is 13.7. The second-order valence-electron chi connectivity index (χ2n) is 6.13. The molecule has 0 saturated heterocycles. The number of hydrogen-bond acceptors (Lipinski definition) is 2. The van der Waals surface area contributed by atoms with Crippen molar-refractivity contribution in [2.45, 2.75) is 31.9 Å². The van der Waals surface area contributed by atoms with Crippen LogP contribution in [0.2, 0.25) is 0 Å². The van der Waals surface area contributed by atoms with Gasteiger partial charge in [-0.2, -0.15) is 0 Å². The zero-order valence-corrected chi connectivity index (χ0v) is 13.6. The van der Waals surface area contributed by atoms with Gasteiger partial charge in [-0.15, -0.1) is 0 Å². The second kappa shape index (κ2) is 7.01. The fourth-order valence-electron chi connectivity index (χ4n) is 3.23. The van der Waals surface area contributed by atoms with Gasteiger partial charge in [0.25, 0.3) is 0 Å². The number of fused-ring (bicyclic) bond motifs is 1. The van der Waals surface area contributed by atoms with Crippen LogP contribution < -0.4 is 10.6 Å². The average molecular weight is 328 g/mol. The number of aliphatic hydroxyl groups is 1. The van der Waals surface area contributed by atoms with Crippen LogP contribution in [-0.2, 0) is 6.42 Å². The van der Waals surface area contributed by atoms with Gasteiger partial charge in [0.15, 0.2) is 0 Å². The van der Waals surface area contributed by atoms with Gasteiger partial charge in [0.05, 0.1) is 12.1 Å². The predicted octanol–water partition coefficient (Wildman–Crippen LogP) is 3.15. The number of amides is 2. The Labute approximate surface area is 140 Å². The quantitative estimate of drug-likeness (QED) is 0.807. The normalized spacial score (nSPS) is 17.2. The summed E-state index contributed by atoms with van der Waals surface area (Å²) >= 11 is 0. The standard InChI is InChI=1S/C19H21FN2O2/c1-12-5-2-3-6-13(12)18(23)11-21-19(24)22-17-10-9-14-15(17)7-4-8-16(14)20/h2-8,17-18,23H,9-11H2,1H3,(H2,21,22,24). The van der Waals surface area contributed by atoms with Crippen LogP contribution in [0.15, 0.2) is 42.5 Å². The average Bonchev–Trinajstić information content (AvgIpc) is 2.97. The minimum atomic E-state index is -0.759. The van der Waals surface area contributed by atoms with Gasteiger partial charge >= 0.3 is 6.03 Å². The molecule has 0 radical (unpaired) electrons.